The van der Waals surface area contributed by atoms with Crippen LogP contribution in [-0.2, 0) is 4.74 Å². The van der Waals surface area contributed by atoms with Crippen LogP contribution in [0.1, 0.15) is 32.6 Å². The van der Waals surface area contributed by atoms with Gasteiger partial charge in [0.15, 0.2) is 5.96 Å². The lowest BCUT2D eigenvalue weighted by molar-refractivity contribution is 0.129. The topological polar surface area (TPSA) is 48.9 Å². The summed E-state index contributed by atoms with van der Waals surface area (Å²) in [6, 6.07) is 3.89. The summed E-state index contributed by atoms with van der Waals surface area (Å²) in [6.07, 6.45) is 4.04. The monoisotopic (exact) mass is 368 g/mol. The molecular weight excluding hydrogens is 338 g/mol. The molecule has 1 fully saturated rings. The maximum absolute atomic E-state index is 13.9. The van der Waals surface area contributed by atoms with Crippen molar-refractivity contribution in [2.45, 2.75) is 38.6 Å². The van der Waals surface area contributed by atoms with E-state index < -0.39 is 11.6 Å². The zero-order valence-corrected chi connectivity index (χ0v) is 15.7. The fraction of sp³-hybridized carbons (Fsp3) is 0.632. The number of hydrogen-bond acceptors (Lipinski definition) is 3. The number of unbranched alkanes of at least 4 members (excludes halogenated alkanes) is 1. The van der Waals surface area contributed by atoms with Crippen LogP contribution in [0.2, 0.25) is 0 Å². The molecule has 2 N–H and O–H groups in total. The Kier molecular flexibility index (Phi) is 8.61. The Morgan fingerprint density at radius 2 is 2.12 bits per heavy atom. The molecule has 5 nitrogen and oxygen atoms in total. The highest BCUT2D eigenvalue weighted by Gasteiger charge is 2.25. The minimum Gasteiger partial charge on any atom is -0.381 e. The van der Waals surface area contributed by atoms with Crippen LogP contribution >= 0.6 is 0 Å². The Labute approximate surface area is 154 Å². The van der Waals surface area contributed by atoms with Gasteiger partial charge in [-0.3, -0.25) is 4.99 Å². The van der Waals surface area contributed by atoms with Gasteiger partial charge in [0.25, 0.3) is 0 Å². The second-order valence-electron chi connectivity index (χ2n) is 6.49. The van der Waals surface area contributed by atoms with E-state index in [0.29, 0.717) is 12.2 Å². The van der Waals surface area contributed by atoms with Crippen LogP contribution in [0, 0.1) is 11.6 Å². The molecule has 1 aromatic carbocycles. The van der Waals surface area contributed by atoms with Crippen molar-refractivity contribution in [2.75, 3.05) is 44.8 Å². The first-order valence-corrected chi connectivity index (χ1v) is 9.39. The van der Waals surface area contributed by atoms with E-state index in [-0.39, 0.29) is 6.04 Å². The van der Waals surface area contributed by atoms with E-state index in [1.165, 1.54) is 12.1 Å². The number of nitrogens with zero attached hydrogens (tertiary/aromatic N) is 2. The van der Waals surface area contributed by atoms with E-state index in [0.717, 1.165) is 64.0 Å². The maximum Gasteiger partial charge on any atom is 0.191 e. The zero-order chi connectivity index (χ0) is 18.8. The first kappa shape index (κ1) is 20.4. The number of hydrogen-bond donors (Lipinski definition) is 2. The van der Waals surface area contributed by atoms with Crippen molar-refractivity contribution < 1.29 is 13.5 Å². The van der Waals surface area contributed by atoms with Crippen LogP contribution in [-0.4, -0.2) is 51.9 Å². The Morgan fingerprint density at radius 1 is 1.31 bits per heavy atom. The minimum absolute atomic E-state index is 0.173. The third-order valence-electron chi connectivity index (χ3n) is 4.40. The van der Waals surface area contributed by atoms with Gasteiger partial charge < -0.3 is 20.3 Å². The molecule has 0 radical (unpaired) electrons. The number of ether oxygens (including phenoxy) is 1. The third-order valence-corrected chi connectivity index (χ3v) is 4.40. The van der Waals surface area contributed by atoms with Gasteiger partial charge in [-0.15, -0.1) is 0 Å². The van der Waals surface area contributed by atoms with Crippen LogP contribution in [0.25, 0.3) is 0 Å². The first-order valence-electron chi connectivity index (χ1n) is 9.39. The highest BCUT2D eigenvalue weighted by Crippen LogP contribution is 2.24. The van der Waals surface area contributed by atoms with Gasteiger partial charge in [-0.25, -0.2) is 8.78 Å². The summed E-state index contributed by atoms with van der Waals surface area (Å²) in [5, 5.41) is 6.64. The fourth-order valence-corrected chi connectivity index (χ4v) is 2.95. The molecular formula is C19H30F2N4O. The normalized spacial score (nSPS) is 17.6. The molecule has 1 unspecified atom stereocenters. The summed E-state index contributed by atoms with van der Waals surface area (Å²) in [5.74, 6) is -0.329. The van der Waals surface area contributed by atoms with Crippen molar-refractivity contribution >= 4 is 11.6 Å². The Hall–Kier alpha value is -1.89. The lowest BCUT2D eigenvalue weighted by atomic mass is 10.2. The molecule has 26 heavy (non-hydrogen) atoms. The second-order valence-corrected chi connectivity index (χ2v) is 6.49. The predicted octanol–water partition coefficient (Wildman–Crippen LogP) is 2.92. The summed E-state index contributed by atoms with van der Waals surface area (Å²) in [6.45, 7) is 5.88. The van der Waals surface area contributed by atoms with Crippen molar-refractivity contribution in [3.8, 4) is 0 Å². The van der Waals surface area contributed by atoms with Gasteiger partial charge in [0.1, 0.15) is 11.6 Å². The van der Waals surface area contributed by atoms with Gasteiger partial charge in [0, 0.05) is 52.0 Å². The van der Waals surface area contributed by atoms with E-state index in [4.69, 9.17) is 4.74 Å². The van der Waals surface area contributed by atoms with E-state index >= 15 is 0 Å². The lowest BCUT2D eigenvalue weighted by Gasteiger charge is -2.21. The van der Waals surface area contributed by atoms with Crippen molar-refractivity contribution in [2.24, 2.45) is 4.99 Å². The number of rotatable bonds is 9. The molecule has 1 heterocycles. The second kappa shape index (κ2) is 11.0. The number of guanidine groups is 1. The van der Waals surface area contributed by atoms with Gasteiger partial charge in [-0.05, 0) is 31.4 Å². The predicted molar refractivity (Wildman–Crippen MR) is 102 cm³/mol. The summed E-state index contributed by atoms with van der Waals surface area (Å²) < 4.78 is 32.5. The van der Waals surface area contributed by atoms with Gasteiger partial charge >= 0.3 is 0 Å². The molecule has 0 saturated carbocycles. The molecule has 1 aromatic rings. The van der Waals surface area contributed by atoms with Gasteiger partial charge in [-0.1, -0.05) is 13.3 Å². The van der Waals surface area contributed by atoms with Crippen LogP contribution < -0.4 is 15.5 Å². The molecule has 1 saturated heterocycles. The molecule has 1 aliphatic rings. The van der Waals surface area contributed by atoms with E-state index in [9.17, 15) is 8.78 Å². The molecule has 0 aliphatic carbocycles. The highest BCUT2D eigenvalue weighted by molar-refractivity contribution is 5.80. The maximum atomic E-state index is 13.9. The largest absolute Gasteiger partial charge is 0.381 e. The first-order chi connectivity index (χ1) is 12.6. The molecule has 7 heteroatoms. The highest BCUT2D eigenvalue weighted by atomic mass is 19.1. The summed E-state index contributed by atoms with van der Waals surface area (Å²) >= 11 is 0. The number of nitrogens with one attached hydrogen (secondary N) is 2. The quantitative estimate of drug-likeness (QED) is 0.400. The van der Waals surface area contributed by atoms with Gasteiger partial charge in [-0.2, -0.15) is 0 Å². The van der Waals surface area contributed by atoms with Crippen molar-refractivity contribution in [1.29, 1.82) is 0 Å². The van der Waals surface area contributed by atoms with E-state index in [2.05, 4.69) is 22.5 Å². The van der Waals surface area contributed by atoms with Crippen LogP contribution in [0.3, 0.4) is 0 Å². The SMILES string of the molecule is CCCCOCCCNC(=NC)NC1CCN(c2ccc(F)cc2F)C1. The molecule has 146 valence electrons. The van der Waals surface area contributed by atoms with Crippen molar-refractivity contribution in [3.63, 3.8) is 0 Å². The summed E-state index contributed by atoms with van der Waals surface area (Å²) in [4.78, 5) is 6.17. The fourth-order valence-electron chi connectivity index (χ4n) is 2.95. The van der Waals surface area contributed by atoms with E-state index in [1.54, 1.807) is 7.05 Å². The summed E-state index contributed by atoms with van der Waals surface area (Å²) in [7, 11) is 1.74. The van der Waals surface area contributed by atoms with Gasteiger partial charge in [0.05, 0.1) is 5.69 Å². The molecule has 1 atom stereocenters. The third kappa shape index (κ3) is 6.44. The molecule has 2 rings (SSSR count). The number of halogens is 2. The smallest absolute Gasteiger partial charge is 0.191 e. The molecule has 0 amide bonds. The lowest BCUT2D eigenvalue weighted by Crippen LogP contribution is -2.45. The molecule has 1 aliphatic heterocycles. The average molecular weight is 368 g/mol. The zero-order valence-electron chi connectivity index (χ0n) is 15.7. The van der Waals surface area contributed by atoms with Crippen molar-refractivity contribution in [3.05, 3.63) is 29.8 Å². The number of anilines is 1. The van der Waals surface area contributed by atoms with Gasteiger partial charge in [0.2, 0.25) is 0 Å². The van der Waals surface area contributed by atoms with Crippen LogP contribution in [0.15, 0.2) is 23.2 Å². The molecule has 0 bridgehead atoms. The minimum atomic E-state index is -0.552. The Balaban J connectivity index is 1.71. The number of aliphatic imine (C=N–C) groups is 1. The van der Waals surface area contributed by atoms with Crippen molar-refractivity contribution in [1.82, 2.24) is 10.6 Å². The average Bonchev–Trinajstić information content (AvgIpc) is 3.08. The Bertz CT molecular complexity index is 583. The summed E-state index contributed by atoms with van der Waals surface area (Å²) in [5.41, 5.74) is 0.447. The van der Waals surface area contributed by atoms with Crippen LogP contribution in [0.4, 0.5) is 14.5 Å². The molecule has 0 aromatic heterocycles. The van der Waals surface area contributed by atoms with E-state index in [1.807, 2.05) is 4.90 Å². The van der Waals surface area contributed by atoms with Crippen LogP contribution in [0.5, 0.6) is 0 Å². The number of benzene rings is 1. The Morgan fingerprint density at radius 3 is 2.85 bits per heavy atom. The standard InChI is InChI=1S/C19H30F2N4O/c1-3-4-11-26-12-5-9-23-19(22-2)24-16-8-10-25(14-16)18-7-6-15(20)13-17(18)21/h6-7,13,16H,3-5,8-12,14H2,1-2H3,(H2,22,23,24). The molecule has 0 spiro atoms.